The molecule has 2 N–H and O–H groups in total. The number of aromatic hydroxyl groups is 2. The standard InChI is InChI=1S/C34H54N2O2/c1-23-15-27(31(37)29(17-23)33(3,4)5)21-35(9)19-25-13-11-12-14-26(25)20-36(10)22-28-16-24(2)18-30(32(28)38)34(6,7)8/h15-18,25-26,37-38H,11-14,19-22H2,1-10H3. The Balaban J connectivity index is 1.69. The van der Waals surface area contributed by atoms with Crippen molar-refractivity contribution < 1.29 is 10.2 Å². The van der Waals surface area contributed by atoms with Crippen LogP contribution in [0.1, 0.15) is 101 Å². The summed E-state index contributed by atoms with van der Waals surface area (Å²) in [6, 6.07) is 8.55. The van der Waals surface area contributed by atoms with Crippen LogP contribution in [0.2, 0.25) is 0 Å². The van der Waals surface area contributed by atoms with Gasteiger partial charge in [-0.2, -0.15) is 0 Å². The summed E-state index contributed by atoms with van der Waals surface area (Å²) in [5.74, 6) is 2.20. The molecule has 0 heterocycles. The quantitative estimate of drug-likeness (QED) is 0.373. The highest BCUT2D eigenvalue weighted by atomic mass is 16.3. The largest absolute Gasteiger partial charge is 0.507 e. The van der Waals surface area contributed by atoms with Crippen molar-refractivity contribution >= 4 is 0 Å². The Kier molecular flexibility index (Phi) is 9.63. The summed E-state index contributed by atoms with van der Waals surface area (Å²) in [7, 11) is 4.40. The van der Waals surface area contributed by atoms with E-state index in [0.717, 1.165) is 48.4 Å². The molecule has 4 nitrogen and oxygen atoms in total. The third kappa shape index (κ3) is 7.76. The number of hydrogen-bond donors (Lipinski definition) is 2. The van der Waals surface area contributed by atoms with Crippen LogP contribution in [0, 0.1) is 25.7 Å². The second-order valence-corrected chi connectivity index (χ2v) is 14.3. The molecule has 0 spiro atoms. The van der Waals surface area contributed by atoms with Gasteiger partial charge < -0.3 is 20.0 Å². The van der Waals surface area contributed by atoms with Crippen molar-refractivity contribution in [2.75, 3.05) is 27.2 Å². The van der Waals surface area contributed by atoms with E-state index in [4.69, 9.17) is 0 Å². The van der Waals surface area contributed by atoms with Crippen molar-refractivity contribution in [2.45, 2.75) is 105 Å². The van der Waals surface area contributed by atoms with E-state index in [1.807, 2.05) is 0 Å². The molecule has 0 radical (unpaired) electrons. The molecule has 38 heavy (non-hydrogen) atoms. The molecular formula is C34H54N2O2. The first kappa shape index (κ1) is 30.5. The van der Waals surface area contributed by atoms with Gasteiger partial charge in [-0.3, -0.25) is 0 Å². The molecule has 0 aliphatic heterocycles. The number of phenols is 2. The summed E-state index contributed by atoms with van der Waals surface area (Å²) < 4.78 is 0. The molecule has 4 heteroatoms. The predicted octanol–water partition coefficient (Wildman–Crippen LogP) is 7.68. The fourth-order valence-corrected chi connectivity index (χ4v) is 6.37. The van der Waals surface area contributed by atoms with Crippen LogP contribution >= 0.6 is 0 Å². The number of nitrogens with zero attached hydrogens (tertiary/aromatic N) is 2. The van der Waals surface area contributed by atoms with Crippen molar-refractivity contribution in [3.63, 3.8) is 0 Å². The van der Waals surface area contributed by atoms with Crippen LogP contribution in [0.3, 0.4) is 0 Å². The highest BCUT2D eigenvalue weighted by Crippen LogP contribution is 2.37. The van der Waals surface area contributed by atoms with Gasteiger partial charge in [0, 0.05) is 37.3 Å². The summed E-state index contributed by atoms with van der Waals surface area (Å²) in [6.45, 7) is 20.9. The SMILES string of the molecule is Cc1cc(CN(C)CC2CCCCC2CN(C)Cc2cc(C)cc(C(C)(C)C)c2O)c(O)c(C(C)(C)C)c1. The Labute approximate surface area is 233 Å². The van der Waals surface area contributed by atoms with Gasteiger partial charge in [-0.25, -0.2) is 0 Å². The van der Waals surface area contributed by atoms with Crippen molar-refractivity contribution in [1.29, 1.82) is 0 Å². The lowest BCUT2D eigenvalue weighted by Crippen LogP contribution is -2.37. The Morgan fingerprint density at radius 2 is 1.00 bits per heavy atom. The smallest absolute Gasteiger partial charge is 0.123 e. The van der Waals surface area contributed by atoms with Crippen LogP contribution in [-0.4, -0.2) is 47.2 Å². The molecule has 3 rings (SSSR count). The molecule has 2 aromatic carbocycles. The minimum atomic E-state index is -0.0815. The average Bonchev–Trinajstić information content (AvgIpc) is 2.78. The van der Waals surface area contributed by atoms with E-state index in [1.165, 1.54) is 36.8 Å². The van der Waals surface area contributed by atoms with Gasteiger partial charge in [0.05, 0.1) is 0 Å². The number of aryl methyl sites for hydroxylation is 2. The van der Waals surface area contributed by atoms with Gasteiger partial charge >= 0.3 is 0 Å². The van der Waals surface area contributed by atoms with Crippen LogP contribution in [-0.2, 0) is 23.9 Å². The molecule has 2 unspecified atom stereocenters. The second kappa shape index (κ2) is 12.0. The molecule has 1 fully saturated rings. The number of benzene rings is 2. The minimum absolute atomic E-state index is 0.0815. The zero-order chi connectivity index (χ0) is 28.4. The molecule has 1 saturated carbocycles. The lowest BCUT2D eigenvalue weighted by atomic mass is 9.78. The highest BCUT2D eigenvalue weighted by molar-refractivity contribution is 5.47. The zero-order valence-electron chi connectivity index (χ0n) is 25.9. The van der Waals surface area contributed by atoms with Crippen LogP contribution in [0.25, 0.3) is 0 Å². The molecule has 2 atom stereocenters. The van der Waals surface area contributed by atoms with Crippen molar-refractivity contribution in [3.05, 3.63) is 57.6 Å². The summed E-state index contributed by atoms with van der Waals surface area (Å²) in [5, 5.41) is 22.1. The lowest BCUT2D eigenvalue weighted by Gasteiger charge is -2.37. The fraction of sp³-hybridized carbons (Fsp3) is 0.647. The average molecular weight is 523 g/mol. The summed E-state index contributed by atoms with van der Waals surface area (Å²) in [4.78, 5) is 4.82. The summed E-state index contributed by atoms with van der Waals surface area (Å²) >= 11 is 0. The lowest BCUT2D eigenvalue weighted by molar-refractivity contribution is 0.128. The molecule has 212 valence electrons. The Morgan fingerprint density at radius 1 is 0.658 bits per heavy atom. The van der Waals surface area contributed by atoms with Gasteiger partial charge in [0.15, 0.2) is 0 Å². The fourth-order valence-electron chi connectivity index (χ4n) is 6.37. The Morgan fingerprint density at radius 3 is 1.32 bits per heavy atom. The molecule has 1 aliphatic rings. The molecular weight excluding hydrogens is 468 g/mol. The number of hydrogen-bond acceptors (Lipinski definition) is 4. The predicted molar refractivity (Wildman–Crippen MR) is 161 cm³/mol. The summed E-state index contributed by atoms with van der Waals surface area (Å²) in [6.07, 6.45) is 5.13. The van der Waals surface area contributed by atoms with Crippen molar-refractivity contribution in [3.8, 4) is 11.5 Å². The van der Waals surface area contributed by atoms with Crippen molar-refractivity contribution in [2.24, 2.45) is 11.8 Å². The van der Waals surface area contributed by atoms with Crippen LogP contribution in [0.5, 0.6) is 11.5 Å². The topological polar surface area (TPSA) is 46.9 Å². The second-order valence-electron chi connectivity index (χ2n) is 14.3. The van der Waals surface area contributed by atoms with Gasteiger partial charge in [-0.05, 0) is 74.6 Å². The maximum Gasteiger partial charge on any atom is 0.123 e. The van der Waals surface area contributed by atoms with E-state index in [2.05, 4.69) is 104 Å². The molecule has 0 amide bonds. The molecule has 0 aromatic heterocycles. The van der Waals surface area contributed by atoms with E-state index < -0.39 is 0 Å². The first-order chi connectivity index (χ1) is 17.6. The first-order valence-electron chi connectivity index (χ1n) is 14.6. The Bertz CT molecular complexity index is 1010. The van der Waals surface area contributed by atoms with Crippen molar-refractivity contribution in [1.82, 2.24) is 9.80 Å². The maximum absolute atomic E-state index is 11.1. The van der Waals surface area contributed by atoms with Gasteiger partial charge in [0.2, 0.25) is 0 Å². The van der Waals surface area contributed by atoms with Crippen LogP contribution in [0.4, 0.5) is 0 Å². The van der Waals surface area contributed by atoms with E-state index in [9.17, 15) is 10.2 Å². The molecule has 2 aromatic rings. The zero-order valence-corrected chi connectivity index (χ0v) is 25.9. The van der Waals surface area contributed by atoms with Crippen LogP contribution in [0.15, 0.2) is 24.3 Å². The van der Waals surface area contributed by atoms with Gasteiger partial charge in [0.1, 0.15) is 11.5 Å². The minimum Gasteiger partial charge on any atom is -0.507 e. The van der Waals surface area contributed by atoms with E-state index in [1.54, 1.807) is 0 Å². The highest BCUT2D eigenvalue weighted by Gasteiger charge is 2.29. The van der Waals surface area contributed by atoms with E-state index in [0.29, 0.717) is 23.3 Å². The van der Waals surface area contributed by atoms with E-state index in [-0.39, 0.29) is 10.8 Å². The van der Waals surface area contributed by atoms with Crippen LogP contribution < -0.4 is 0 Å². The molecule has 0 bridgehead atoms. The van der Waals surface area contributed by atoms with Gasteiger partial charge in [0.25, 0.3) is 0 Å². The maximum atomic E-state index is 11.1. The number of phenolic OH excluding ortho intramolecular Hbond substituents is 2. The monoisotopic (exact) mass is 522 g/mol. The first-order valence-corrected chi connectivity index (χ1v) is 14.6. The van der Waals surface area contributed by atoms with Gasteiger partial charge in [-0.1, -0.05) is 89.8 Å². The Hall–Kier alpha value is -2.04. The van der Waals surface area contributed by atoms with E-state index >= 15 is 0 Å². The third-order valence-electron chi connectivity index (χ3n) is 8.32. The molecule has 0 saturated heterocycles. The number of rotatable bonds is 8. The summed E-state index contributed by atoms with van der Waals surface area (Å²) in [5.41, 5.74) is 6.39. The third-order valence-corrected chi connectivity index (χ3v) is 8.32. The van der Waals surface area contributed by atoms with Gasteiger partial charge in [-0.15, -0.1) is 0 Å². The molecule has 1 aliphatic carbocycles. The normalized spacial score (nSPS) is 18.9.